The van der Waals surface area contributed by atoms with Crippen molar-refractivity contribution in [2.45, 2.75) is 31.2 Å². The number of carboxylic acids is 1. The van der Waals surface area contributed by atoms with E-state index in [0.717, 1.165) is 12.1 Å². The Hall–Kier alpha value is -2.00. The lowest BCUT2D eigenvalue weighted by Gasteiger charge is -2.16. The fourth-order valence-corrected chi connectivity index (χ4v) is 3.59. The Bertz CT molecular complexity index is 664. The van der Waals surface area contributed by atoms with Crippen LogP contribution in [0.4, 0.5) is 4.39 Å². The first-order chi connectivity index (χ1) is 9.54. The molecule has 1 atom stereocenters. The Morgan fingerprint density at radius 1 is 1.33 bits per heavy atom. The number of amides is 1. The maximum Gasteiger partial charge on any atom is 0.322 e. The van der Waals surface area contributed by atoms with E-state index < -0.39 is 40.2 Å². The molecule has 0 saturated carbocycles. The second-order valence-corrected chi connectivity index (χ2v) is 6.20. The number of halogens is 1. The zero-order valence-electron chi connectivity index (χ0n) is 11.4. The summed E-state index contributed by atoms with van der Waals surface area (Å²) in [6.45, 7) is 2.77. The van der Waals surface area contributed by atoms with E-state index in [4.69, 9.17) is 10.8 Å². The van der Waals surface area contributed by atoms with Crippen LogP contribution in [0.1, 0.15) is 17.5 Å². The predicted molar refractivity (Wildman–Crippen MR) is 71.4 cm³/mol. The Labute approximate surface area is 121 Å². The first-order valence-electron chi connectivity index (χ1n) is 5.84. The first-order valence-corrected chi connectivity index (χ1v) is 7.33. The second kappa shape index (κ2) is 6.19. The van der Waals surface area contributed by atoms with Crippen LogP contribution in [0.2, 0.25) is 0 Å². The number of hydrogen-bond acceptors (Lipinski definition) is 4. The minimum absolute atomic E-state index is 0.128. The van der Waals surface area contributed by atoms with Crippen LogP contribution in [0, 0.1) is 19.7 Å². The van der Waals surface area contributed by atoms with Crippen LogP contribution in [-0.2, 0) is 19.6 Å². The molecule has 9 heteroatoms. The Kier molecular flexibility index (Phi) is 5.02. The van der Waals surface area contributed by atoms with Crippen LogP contribution in [0.15, 0.2) is 17.0 Å². The molecule has 1 rings (SSSR count). The summed E-state index contributed by atoms with van der Waals surface area (Å²) in [4.78, 5) is 21.5. The van der Waals surface area contributed by atoms with Gasteiger partial charge in [-0.05, 0) is 37.1 Å². The topological polar surface area (TPSA) is 127 Å². The summed E-state index contributed by atoms with van der Waals surface area (Å²) in [6.07, 6.45) is -0.687. The number of rotatable bonds is 6. The van der Waals surface area contributed by atoms with Crippen molar-refractivity contribution in [1.82, 2.24) is 4.72 Å². The van der Waals surface area contributed by atoms with Crippen molar-refractivity contribution >= 4 is 21.9 Å². The molecule has 0 spiro atoms. The van der Waals surface area contributed by atoms with Crippen LogP contribution in [0.5, 0.6) is 0 Å². The number of benzene rings is 1. The third-order valence-corrected chi connectivity index (χ3v) is 4.47. The monoisotopic (exact) mass is 318 g/mol. The normalized spacial score (nSPS) is 12.9. The van der Waals surface area contributed by atoms with Crippen LogP contribution in [-0.4, -0.2) is 31.4 Å². The van der Waals surface area contributed by atoms with Crippen LogP contribution in [0.25, 0.3) is 0 Å². The average molecular weight is 318 g/mol. The molecule has 21 heavy (non-hydrogen) atoms. The van der Waals surface area contributed by atoms with Crippen molar-refractivity contribution in [2.75, 3.05) is 0 Å². The number of aryl methyl sites for hydroxylation is 2. The smallest absolute Gasteiger partial charge is 0.322 e. The summed E-state index contributed by atoms with van der Waals surface area (Å²) < 4.78 is 39.5. The van der Waals surface area contributed by atoms with Gasteiger partial charge in [-0.25, -0.2) is 12.8 Å². The molecule has 1 amide bonds. The van der Waals surface area contributed by atoms with Crippen molar-refractivity contribution in [2.24, 2.45) is 5.73 Å². The molecule has 1 aromatic rings. The molecule has 1 unspecified atom stereocenters. The fraction of sp³-hybridized carbons (Fsp3) is 0.333. The van der Waals surface area contributed by atoms with Crippen molar-refractivity contribution in [3.05, 3.63) is 29.1 Å². The molecule has 0 aliphatic heterocycles. The summed E-state index contributed by atoms with van der Waals surface area (Å²) in [5.41, 5.74) is 5.14. The lowest BCUT2D eigenvalue weighted by molar-refractivity contribution is -0.140. The highest BCUT2D eigenvalue weighted by molar-refractivity contribution is 7.89. The van der Waals surface area contributed by atoms with Gasteiger partial charge in [-0.1, -0.05) is 0 Å². The largest absolute Gasteiger partial charge is 0.480 e. The van der Waals surface area contributed by atoms with Crippen LogP contribution < -0.4 is 10.5 Å². The average Bonchev–Trinajstić information content (AvgIpc) is 2.24. The van der Waals surface area contributed by atoms with Gasteiger partial charge in [0, 0.05) is 0 Å². The maximum absolute atomic E-state index is 13.2. The summed E-state index contributed by atoms with van der Waals surface area (Å²) >= 11 is 0. The van der Waals surface area contributed by atoms with E-state index in [1.807, 2.05) is 4.72 Å². The number of hydrogen-bond donors (Lipinski definition) is 3. The Balaban J connectivity index is 3.23. The van der Waals surface area contributed by atoms with Crippen LogP contribution >= 0.6 is 0 Å². The van der Waals surface area contributed by atoms with Gasteiger partial charge in [-0.15, -0.1) is 0 Å². The number of carboxylic acid groups (broad SMARTS) is 1. The van der Waals surface area contributed by atoms with E-state index in [9.17, 15) is 22.4 Å². The number of primary amides is 1. The van der Waals surface area contributed by atoms with Crippen molar-refractivity contribution in [3.8, 4) is 0 Å². The van der Waals surface area contributed by atoms with Gasteiger partial charge >= 0.3 is 5.97 Å². The van der Waals surface area contributed by atoms with Gasteiger partial charge < -0.3 is 10.8 Å². The Morgan fingerprint density at radius 2 is 1.81 bits per heavy atom. The molecule has 0 aliphatic rings. The Morgan fingerprint density at radius 3 is 2.19 bits per heavy atom. The van der Waals surface area contributed by atoms with Gasteiger partial charge in [0.15, 0.2) is 0 Å². The summed E-state index contributed by atoms with van der Waals surface area (Å²) in [7, 11) is -4.23. The number of carbonyl (C=O) groups excluding carboxylic acids is 1. The minimum Gasteiger partial charge on any atom is -0.480 e. The van der Waals surface area contributed by atoms with Gasteiger partial charge in [-0.2, -0.15) is 4.72 Å². The van der Waals surface area contributed by atoms with Crippen molar-refractivity contribution in [1.29, 1.82) is 0 Å². The van der Waals surface area contributed by atoms with Crippen molar-refractivity contribution < 1.29 is 27.5 Å². The SMILES string of the molecule is Cc1cc(F)cc(C)c1S(=O)(=O)NC(CC(N)=O)C(=O)O. The summed E-state index contributed by atoms with van der Waals surface area (Å²) in [5.74, 6) is -3.09. The van der Waals surface area contributed by atoms with Gasteiger partial charge in [0.1, 0.15) is 11.9 Å². The zero-order chi connectivity index (χ0) is 16.4. The molecule has 0 heterocycles. The van der Waals surface area contributed by atoms with E-state index in [1.165, 1.54) is 13.8 Å². The molecule has 0 fully saturated rings. The highest BCUT2D eigenvalue weighted by Crippen LogP contribution is 2.21. The van der Waals surface area contributed by atoms with Gasteiger partial charge in [0.2, 0.25) is 15.9 Å². The summed E-state index contributed by atoms with van der Waals surface area (Å²) in [6, 6.07) is 0.355. The maximum atomic E-state index is 13.2. The highest BCUT2D eigenvalue weighted by atomic mass is 32.2. The van der Waals surface area contributed by atoms with E-state index >= 15 is 0 Å². The second-order valence-electron chi connectivity index (χ2n) is 4.55. The molecule has 7 nitrogen and oxygen atoms in total. The first kappa shape index (κ1) is 17.1. The van der Waals surface area contributed by atoms with Crippen LogP contribution in [0.3, 0.4) is 0 Å². The molecule has 1 aromatic carbocycles. The third-order valence-electron chi connectivity index (χ3n) is 2.69. The number of nitrogens with two attached hydrogens (primary N) is 1. The molecule has 4 N–H and O–H groups in total. The third kappa shape index (κ3) is 4.23. The van der Waals surface area contributed by atoms with E-state index in [0.29, 0.717) is 0 Å². The standard InChI is InChI=1S/C12H15FN2O5S/c1-6-3-8(13)4-7(2)11(6)21(19,20)15-9(12(17)18)5-10(14)16/h3-4,9,15H,5H2,1-2H3,(H2,14,16)(H,17,18). The molecule has 0 aromatic heterocycles. The number of aliphatic carboxylic acids is 1. The number of sulfonamides is 1. The van der Waals surface area contributed by atoms with Crippen molar-refractivity contribution in [3.63, 3.8) is 0 Å². The highest BCUT2D eigenvalue weighted by Gasteiger charge is 2.29. The van der Waals surface area contributed by atoms with Gasteiger partial charge in [-0.3, -0.25) is 9.59 Å². The lowest BCUT2D eigenvalue weighted by Crippen LogP contribution is -2.43. The fourth-order valence-electron chi connectivity index (χ4n) is 1.95. The number of nitrogens with one attached hydrogen (secondary N) is 1. The summed E-state index contributed by atoms with van der Waals surface area (Å²) in [5, 5.41) is 8.92. The molecule has 0 aliphatic carbocycles. The zero-order valence-corrected chi connectivity index (χ0v) is 12.2. The minimum atomic E-state index is -4.23. The van der Waals surface area contributed by atoms with E-state index in [-0.39, 0.29) is 16.0 Å². The lowest BCUT2D eigenvalue weighted by atomic mass is 10.1. The quantitative estimate of drug-likeness (QED) is 0.683. The molecule has 116 valence electrons. The molecular weight excluding hydrogens is 303 g/mol. The molecule has 0 bridgehead atoms. The molecule has 0 saturated heterocycles. The van der Waals surface area contributed by atoms with E-state index in [2.05, 4.69) is 0 Å². The number of carbonyl (C=O) groups is 2. The predicted octanol–water partition coefficient (Wildman–Crippen LogP) is 0.0494. The van der Waals surface area contributed by atoms with E-state index in [1.54, 1.807) is 0 Å². The molecular formula is C12H15FN2O5S. The van der Waals surface area contributed by atoms with Gasteiger partial charge in [0.25, 0.3) is 0 Å². The van der Waals surface area contributed by atoms with Gasteiger partial charge in [0.05, 0.1) is 11.3 Å². The molecule has 0 radical (unpaired) electrons.